The summed E-state index contributed by atoms with van der Waals surface area (Å²) >= 11 is 0. The zero-order valence-corrected chi connectivity index (χ0v) is 16.9. The van der Waals surface area contributed by atoms with Crippen LogP contribution in [0.3, 0.4) is 0 Å². The lowest BCUT2D eigenvalue weighted by Crippen LogP contribution is -2.34. The van der Waals surface area contributed by atoms with Crippen LogP contribution < -0.4 is 9.50 Å². The van der Waals surface area contributed by atoms with E-state index in [-0.39, 0.29) is 24.9 Å². The number of amides is 2. The molecule has 0 atom stereocenters. The van der Waals surface area contributed by atoms with Crippen LogP contribution in [0.5, 0.6) is 5.75 Å². The second-order valence-corrected chi connectivity index (χ2v) is 8.06. The van der Waals surface area contributed by atoms with Crippen LogP contribution in [0.15, 0.2) is 71.3 Å². The fourth-order valence-corrected chi connectivity index (χ4v) is 3.17. The summed E-state index contributed by atoms with van der Waals surface area (Å²) in [4.78, 5) is 14.4. The fraction of sp³-hybridized carbons (Fsp3) is 0.143. The maximum absolute atomic E-state index is 12.9. The first kappa shape index (κ1) is 21.0. The van der Waals surface area contributed by atoms with Crippen molar-refractivity contribution >= 4 is 21.8 Å². The Bertz CT molecular complexity index is 1150. The number of hydrogen-bond donors (Lipinski definition) is 1. The minimum Gasteiger partial charge on any atom is -0.467 e. The molecule has 2 amide bonds. The third-order valence-corrected chi connectivity index (χ3v) is 4.50. The molecule has 1 aromatic heterocycles. The Morgan fingerprint density at radius 1 is 1.13 bits per heavy atom. The second kappa shape index (κ2) is 9.15. The molecular weight excluding hydrogens is 406 g/mol. The van der Waals surface area contributed by atoms with Gasteiger partial charge in [-0.1, -0.05) is 18.2 Å². The molecule has 8 nitrogen and oxygen atoms in total. The van der Waals surface area contributed by atoms with Gasteiger partial charge < -0.3 is 18.8 Å². The zero-order chi connectivity index (χ0) is 21.6. The number of benzene rings is 2. The van der Waals surface area contributed by atoms with Gasteiger partial charge in [0.05, 0.1) is 30.7 Å². The minimum absolute atomic E-state index is 0.191. The summed E-state index contributed by atoms with van der Waals surface area (Å²) in [7, 11) is -3.61. The predicted molar refractivity (Wildman–Crippen MR) is 110 cm³/mol. The lowest BCUT2D eigenvalue weighted by molar-refractivity contribution is 0.201. The van der Waals surface area contributed by atoms with Crippen LogP contribution >= 0.6 is 0 Å². The molecule has 0 saturated heterocycles. The monoisotopic (exact) mass is 425 g/mol. The number of carbonyl (C=O) groups is 1. The van der Waals surface area contributed by atoms with Crippen molar-refractivity contribution in [2.45, 2.75) is 13.1 Å². The first-order chi connectivity index (χ1) is 14.3. The van der Waals surface area contributed by atoms with E-state index in [1.165, 1.54) is 23.3 Å². The molecule has 30 heavy (non-hydrogen) atoms. The number of hydrogen-bond acceptors (Lipinski definition) is 6. The summed E-state index contributed by atoms with van der Waals surface area (Å²) < 4.78 is 32.7. The Labute approximate surface area is 174 Å². The number of furan rings is 1. The van der Waals surface area contributed by atoms with Crippen molar-refractivity contribution in [1.29, 1.82) is 5.26 Å². The normalized spacial score (nSPS) is 10.8. The first-order valence-corrected chi connectivity index (χ1v) is 10.7. The summed E-state index contributed by atoms with van der Waals surface area (Å²) in [6, 6.07) is 18.2. The van der Waals surface area contributed by atoms with Gasteiger partial charge in [0.25, 0.3) is 0 Å². The molecular formula is C21H19N3O5S. The standard InChI is InChI=1S/C21H19N3O5S/c1-30(26,27)29-19-9-7-16(8-10-19)14-24(15-20-6-3-11-28-20)21(25)23-18-5-2-4-17(12-18)13-22/h2-12H,14-15H2,1H3,(H,23,25). The average Bonchev–Trinajstić information content (AvgIpc) is 3.21. The minimum atomic E-state index is -3.61. The maximum Gasteiger partial charge on any atom is 0.322 e. The van der Waals surface area contributed by atoms with Crippen LogP contribution in [0.4, 0.5) is 10.5 Å². The summed E-state index contributed by atoms with van der Waals surface area (Å²) in [6.07, 6.45) is 2.50. The predicted octanol–water partition coefficient (Wildman–Crippen LogP) is 3.72. The van der Waals surface area contributed by atoms with Crippen molar-refractivity contribution in [3.63, 3.8) is 0 Å². The number of nitrogens with one attached hydrogen (secondary N) is 1. The van der Waals surface area contributed by atoms with E-state index in [9.17, 15) is 13.2 Å². The van der Waals surface area contributed by atoms with Gasteiger partial charge in [0.15, 0.2) is 0 Å². The Kier molecular flexibility index (Phi) is 6.39. The summed E-state index contributed by atoms with van der Waals surface area (Å²) in [5.41, 5.74) is 1.70. The fourth-order valence-electron chi connectivity index (χ4n) is 2.70. The van der Waals surface area contributed by atoms with Gasteiger partial charge in [0.1, 0.15) is 11.5 Å². The van der Waals surface area contributed by atoms with E-state index < -0.39 is 10.1 Å². The van der Waals surface area contributed by atoms with E-state index in [0.717, 1.165) is 11.8 Å². The number of nitriles is 1. The van der Waals surface area contributed by atoms with Gasteiger partial charge in [-0.05, 0) is 48.0 Å². The van der Waals surface area contributed by atoms with Gasteiger partial charge in [-0.15, -0.1) is 0 Å². The molecule has 0 aliphatic carbocycles. The SMILES string of the molecule is CS(=O)(=O)Oc1ccc(CN(Cc2ccco2)C(=O)Nc2cccc(C#N)c2)cc1. The molecule has 9 heteroatoms. The molecule has 0 bridgehead atoms. The molecule has 0 unspecified atom stereocenters. The third-order valence-electron chi connectivity index (χ3n) is 4.00. The first-order valence-electron chi connectivity index (χ1n) is 8.89. The Hall–Kier alpha value is -3.77. The van der Waals surface area contributed by atoms with Gasteiger partial charge in [0, 0.05) is 12.2 Å². The molecule has 0 aliphatic heterocycles. The van der Waals surface area contributed by atoms with Crippen molar-refractivity contribution in [3.8, 4) is 11.8 Å². The summed E-state index contributed by atoms with van der Waals surface area (Å²) in [6.45, 7) is 0.460. The van der Waals surface area contributed by atoms with Crippen LogP contribution in [0.25, 0.3) is 0 Å². The molecule has 0 spiro atoms. The molecule has 3 rings (SSSR count). The Morgan fingerprint density at radius 2 is 1.90 bits per heavy atom. The van der Waals surface area contributed by atoms with E-state index in [2.05, 4.69) is 5.32 Å². The molecule has 0 radical (unpaired) electrons. The number of rotatable bonds is 7. The highest BCUT2D eigenvalue weighted by molar-refractivity contribution is 7.86. The van der Waals surface area contributed by atoms with Crippen molar-refractivity contribution in [3.05, 3.63) is 83.8 Å². The number of urea groups is 1. The van der Waals surface area contributed by atoms with Crippen LogP contribution in [0.2, 0.25) is 0 Å². The average molecular weight is 425 g/mol. The van der Waals surface area contributed by atoms with E-state index >= 15 is 0 Å². The van der Waals surface area contributed by atoms with Crippen LogP contribution in [0.1, 0.15) is 16.9 Å². The molecule has 1 N–H and O–H groups in total. The molecule has 1 heterocycles. The Morgan fingerprint density at radius 3 is 2.53 bits per heavy atom. The van der Waals surface area contributed by atoms with Crippen LogP contribution in [0, 0.1) is 11.3 Å². The highest BCUT2D eigenvalue weighted by atomic mass is 32.2. The number of anilines is 1. The lowest BCUT2D eigenvalue weighted by atomic mass is 10.2. The molecule has 3 aromatic rings. The van der Waals surface area contributed by atoms with Crippen LogP contribution in [-0.4, -0.2) is 25.6 Å². The molecule has 0 aliphatic rings. The largest absolute Gasteiger partial charge is 0.467 e. The Balaban J connectivity index is 1.76. The molecule has 0 fully saturated rings. The zero-order valence-electron chi connectivity index (χ0n) is 16.1. The van der Waals surface area contributed by atoms with E-state index in [1.807, 2.05) is 6.07 Å². The second-order valence-electron chi connectivity index (χ2n) is 6.49. The quantitative estimate of drug-likeness (QED) is 0.577. The molecule has 0 saturated carbocycles. The lowest BCUT2D eigenvalue weighted by Gasteiger charge is -2.22. The number of nitrogens with zero attached hydrogens (tertiary/aromatic N) is 2. The summed E-state index contributed by atoms with van der Waals surface area (Å²) in [5.74, 6) is 0.796. The van der Waals surface area contributed by atoms with E-state index in [1.54, 1.807) is 48.5 Å². The molecule has 2 aromatic carbocycles. The van der Waals surface area contributed by atoms with Crippen molar-refractivity contribution in [2.24, 2.45) is 0 Å². The van der Waals surface area contributed by atoms with Crippen molar-refractivity contribution < 1.29 is 21.8 Å². The van der Waals surface area contributed by atoms with Gasteiger partial charge >= 0.3 is 16.1 Å². The smallest absolute Gasteiger partial charge is 0.322 e. The highest BCUT2D eigenvalue weighted by Crippen LogP contribution is 2.18. The summed E-state index contributed by atoms with van der Waals surface area (Å²) in [5, 5.41) is 11.8. The van der Waals surface area contributed by atoms with Gasteiger partial charge in [-0.25, -0.2) is 4.79 Å². The van der Waals surface area contributed by atoms with Crippen LogP contribution in [-0.2, 0) is 23.2 Å². The van der Waals surface area contributed by atoms with Gasteiger partial charge in [-0.3, -0.25) is 0 Å². The van der Waals surface area contributed by atoms with Gasteiger partial charge in [-0.2, -0.15) is 13.7 Å². The van der Waals surface area contributed by atoms with Crippen molar-refractivity contribution in [2.75, 3.05) is 11.6 Å². The van der Waals surface area contributed by atoms with E-state index in [4.69, 9.17) is 13.9 Å². The van der Waals surface area contributed by atoms with Crippen molar-refractivity contribution in [1.82, 2.24) is 4.90 Å². The topological polar surface area (TPSA) is 113 Å². The third kappa shape index (κ3) is 6.12. The maximum atomic E-state index is 12.9. The highest BCUT2D eigenvalue weighted by Gasteiger charge is 2.17. The molecule has 154 valence electrons. The van der Waals surface area contributed by atoms with E-state index in [0.29, 0.717) is 17.0 Å². The number of carbonyl (C=O) groups excluding carboxylic acids is 1. The van der Waals surface area contributed by atoms with Gasteiger partial charge in [0.2, 0.25) is 0 Å².